The molecule has 0 atom stereocenters. The van der Waals surface area contributed by atoms with Crippen LogP contribution in [0.1, 0.15) is 24.2 Å². The molecule has 3 aromatic rings. The second-order valence-electron chi connectivity index (χ2n) is 8.23. The summed E-state index contributed by atoms with van der Waals surface area (Å²) in [4.78, 5) is 27.9. The highest BCUT2D eigenvalue weighted by atomic mass is 35.5. The summed E-state index contributed by atoms with van der Waals surface area (Å²) >= 11 is 5.99. The van der Waals surface area contributed by atoms with Gasteiger partial charge in [-0.1, -0.05) is 11.6 Å². The number of halogens is 1. The second-order valence-corrected chi connectivity index (χ2v) is 8.67. The molecule has 2 saturated heterocycles. The molecule has 2 aromatic heterocycles. The van der Waals surface area contributed by atoms with E-state index in [-0.39, 0.29) is 18.0 Å². The predicted molar refractivity (Wildman–Crippen MR) is 118 cm³/mol. The lowest BCUT2D eigenvalue weighted by molar-refractivity contribution is -0.187. The topological polar surface area (TPSA) is 91.5 Å². The molecule has 0 radical (unpaired) electrons. The smallest absolute Gasteiger partial charge is 0.278 e. The van der Waals surface area contributed by atoms with Crippen LogP contribution < -0.4 is 5.56 Å². The van der Waals surface area contributed by atoms with E-state index >= 15 is 0 Å². The number of rotatable bonds is 3. The van der Waals surface area contributed by atoms with E-state index in [9.17, 15) is 9.59 Å². The van der Waals surface area contributed by atoms with Crippen LogP contribution in [0.3, 0.4) is 0 Å². The average molecular weight is 458 g/mol. The van der Waals surface area contributed by atoms with Crippen LogP contribution in [-0.2, 0) is 20.8 Å². The number of carbonyl (C=O) groups excluding carboxylic acids is 1. The van der Waals surface area contributed by atoms with Crippen molar-refractivity contribution in [2.45, 2.75) is 39.0 Å². The Morgan fingerprint density at radius 2 is 1.75 bits per heavy atom. The Morgan fingerprint density at radius 3 is 2.41 bits per heavy atom. The summed E-state index contributed by atoms with van der Waals surface area (Å²) in [7, 11) is 0. The number of aryl methyl sites for hydroxylation is 2. The second kappa shape index (κ2) is 7.99. The number of hydrogen-bond donors (Lipinski definition) is 0. The number of benzene rings is 1. The lowest BCUT2D eigenvalue weighted by Gasteiger charge is -2.37. The molecular weight excluding hydrogens is 434 g/mol. The van der Waals surface area contributed by atoms with Gasteiger partial charge < -0.3 is 14.4 Å². The molecule has 10 heteroatoms. The Morgan fingerprint density at radius 1 is 1.09 bits per heavy atom. The van der Waals surface area contributed by atoms with Gasteiger partial charge in [0.2, 0.25) is 5.91 Å². The van der Waals surface area contributed by atoms with Gasteiger partial charge in [-0.25, -0.2) is 9.36 Å². The van der Waals surface area contributed by atoms with E-state index in [4.69, 9.17) is 21.1 Å². The maximum atomic E-state index is 13.2. The van der Waals surface area contributed by atoms with Gasteiger partial charge in [0.15, 0.2) is 5.79 Å². The highest BCUT2D eigenvalue weighted by Crippen LogP contribution is 2.31. The first-order chi connectivity index (χ1) is 15.4. The van der Waals surface area contributed by atoms with E-state index in [0.29, 0.717) is 66.5 Å². The van der Waals surface area contributed by atoms with E-state index < -0.39 is 5.79 Å². The Kier molecular flexibility index (Phi) is 5.27. The van der Waals surface area contributed by atoms with Gasteiger partial charge in [0.1, 0.15) is 12.1 Å². The maximum Gasteiger partial charge on any atom is 0.278 e. The average Bonchev–Trinajstić information content (AvgIpc) is 3.38. The molecule has 1 spiro atoms. The Balaban J connectivity index is 1.42. The quantitative estimate of drug-likeness (QED) is 0.599. The van der Waals surface area contributed by atoms with Crippen LogP contribution in [0.4, 0.5) is 0 Å². The van der Waals surface area contributed by atoms with Gasteiger partial charge in [0.25, 0.3) is 5.56 Å². The zero-order chi connectivity index (χ0) is 22.5. The number of carbonyl (C=O) groups is 1. The van der Waals surface area contributed by atoms with Crippen molar-refractivity contribution >= 4 is 28.4 Å². The number of likely N-dealkylation sites (tertiary alicyclic amines) is 1. The molecule has 0 aliphatic carbocycles. The zero-order valence-corrected chi connectivity index (χ0v) is 18.8. The molecule has 168 valence electrons. The molecule has 0 bridgehead atoms. The number of fused-ring (bicyclic) bond motifs is 1. The van der Waals surface area contributed by atoms with Crippen LogP contribution in [0.15, 0.2) is 29.1 Å². The Bertz CT molecular complexity index is 1230. The Hall–Kier alpha value is -2.75. The number of hydrogen-bond acceptors (Lipinski definition) is 6. The van der Waals surface area contributed by atoms with Crippen molar-refractivity contribution in [3.8, 4) is 5.69 Å². The van der Waals surface area contributed by atoms with E-state index in [1.807, 2.05) is 19.1 Å². The van der Waals surface area contributed by atoms with Crippen LogP contribution >= 0.6 is 11.6 Å². The molecule has 1 aromatic carbocycles. The first-order valence-electron chi connectivity index (χ1n) is 10.7. The molecular formula is C22H24ClN5O4. The van der Waals surface area contributed by atoms with Crippen molar-refractivity contribution in [1.82, 2.24) is 24.5 Å². The summed E-state index contributed by atoms with van der Waals surface area (Å²) in [5.74, 6) is -0.691. The van der Waals surface area contributed by atoms with Gasteiger partial charge in [0.05, 0.1) is 35.7 Å². The van der Waals surface area contributed by atoms with Crippen molar-refractivity contribution in [1.29, 1.82) is 0 Å². The summed E-state index contributed by atoms with van der Waals surface area (Å²) in [5.41, 5.74) is 2.28. The summed E-state index contributed by atoms with van der Waals surface area (Å²) in [6, 6.07) is 7.23. The molecule has 1 amide bonds. The summed E-state index contributed by atoms with van der Waals surface area (Å²) in [6.45, 7) is 5.76. The largest absolute Gasteiger partial charge is 0.347 e. The van der Waals surface area contributed by atoms with Crippen molar-refractivity contribution in [3.05, 3.63) is 51.0 Å². The number of nitrogens with zero attached hydrogens (tertiary/aromatic N) is 5. The lowest BCUT2D eigenvalue weighted by Crippen LogP contribution is -2.48. The van der Waals surface area contributed by atoms with Crippen molar-refractivity contribution < 1.29 is 14.3 Å². The summed E-state index contributed by atoms with van der Waals surface area (Å²) < 4.78 is 14.4. The van der Waals surface area contributed by atoms with Gasteiger partial charge in [-0.05, 0) is 38.1 Å². The van der Waals surface area contributed by atoms with Crippen molar-refractivity contribution in [2.75, 3.05) is 26.3 Å². The molecule has 0 saturated carbocycles. The molecule has 2 fully saturated rings. The highest BCUT2D eigenvalue weighted by Gasteiger charge is 2.40. The zero-order valence-electron chi connectivity index (χ0n) is 18.0. The SMILES string of the molecule is Cc1nn(CC(=O)N2CCC3(CC2)OCCO3)c(=O)c2c(C)n(-c3ccc(Cl)cc3)nc12. The number of ether oxygens (including phenoxy) is 2. The van der Waals surface area contributed by atoms with E-state index in [1.165, 1.54) is 4.68 Å². The third-order valence-electron chi connectivity index (χ3n) is 6.23. The fourth-order valence-electron chi connectivity index (χ4n) is 4.47. The molecule has 0 N–H and O–H groups in total. The minimum atomic E-state index is -0.547. The molecule has 4 heterocycles. The van der Waals surface area contributed by atoms with Crippen LogP contribution in [-0.4, -0.2) is 62.5 Å². The fraction of sp³-hybridized carbons (Fsp3) is 0.455. The minimum absolute atomic E-state index is 0.115. The van der Waals surface area contributed by atoms with Crippen LogP contribution in [0.2, 0.25) is 5.02 Å². The normalized spacial score (nSPS) is 18.0. The number of amides is 1. The number of piperidine rings is 1. The van der Waals surface area contributed by atoms with Gasteiger partial charge in [-0.15, -0.1) is 0 Å². The predicted octanol–water partition coefficient (Wildman–Crippen LogP) is 2.22. The van der Waals surface area contributed by atoms with Gasteiger partial charge in [0, 0.05) is 31.0 Å². The fourth-order valence-corrected chi connectivity index (χ4v) is 4.59. The van der Waals surface area contributed by atoms with Gasteiger partial charge in [-0.2, -0.15) is 10.2 Å². The minimum Gasteiger partial charge on any atom is -0.347 e. The third-order valence-corrected chi connectivity index (χ3v) is 6.48. The molecule has 2 aliphatic rings. The van der Waals surface area contributed by atoms with Crippen LogP contribution in [0.5, 0.6) is 0 Å². The number of aromatic nitrogens is 4. The van der Waals surface area contributed by atoms with Gasteiger partial charge >= 0.3 is 0 Å². The molecule has 5 rings (SSSR count). The molecule has 32 heavy (non-hydrogen) atoms. The first-order valence-corrected chi connectivity index (χ1v) is 11.0. The highest BCUT2D eigenvalue weighted by molar-refractivity contribution is 6.30. The van der Waals surface area contributed by atoms with E-state index in [2.05, 4.69) is 10.2 Å². The standard InChI is InChI=1S/C22H24ClN5O4/c1-14-20-19(15(2)28(25-20)17-5-3-16(23)4-6-17)21(30)27(24-14)13-18(29)26-9-7-22(8-10-26)31-11-12-32-22/h3-6H,7-13H2,1-2H3. The molecule has 9 nitrogen and oxygen atoms in total. The van der Waals surface area contributed by atoms with Crippen LogP contribution in [0.25, 0.3) is 16.6 Å². The monoisotopic (exact) mass is 457 g/mol. The molecule has 0 unspecified atom stereocenters. The third kappa shape index (κ3) is 3.60. The van der Waals surface area contributed by atoms with E-state index in [1.54, 1.807) is 28.6 Å². The summed E-state index contributed by atoms with van der Waals surface area (Å²) in [6.07, 6.45) is 1.26. The van der Waals surface area contributed by atoms with Crippen molar-refractivity contribution in [2.24, 2.45) is 0 Å². The Labute approximate surface area is 189 Å². The molecule has 2 aliphatic heterocycles. The van der Waals surface area contributed by atoms with Crippen LogP contribution in [0, 0.1) is 13.8 Å². The van der Waals surface area contributed by atoms with Gasteiger partial charge in [-0.3, -0.25) is 9.59 Å². The first kappa shape index (κ1) is 21.1. The lowest BCUT2D eigenvalue weighted by atomic mass is 10.0. The van der Waals surface area contributed by atoms with Crippen molar-refractivity contribution in [3.63, 3.8) is 0 Å². The van der Waals surface area contributed by atoms with E-state index in [0.717, 1.165) is 5.69 Å². The summed E-state index contributed by atoms with van der Waals surface area (Å²) in [5, 5.41) is 10.1. The maximum absolute atomic E-state index is 13.2.